The summed E-state index contributed by atoms with van der Waals surface area (Å²) in [5.74, 6) is -2.11. The topological polar surface area (TPSA) is 110 Å². The van der Waals surface area contributed by atoms with Crippen LogP contribution in [0.2, 0.25) is 0 Å². The SMILES string of the molecule is CN(N[C@@H](CCc1ccccc1)C(=O)O)C(=O)N1CCC[C@H]1C(=O)O. The Morgan fingerprint density at radius 1 is 1.28 bits per heavy atom. The predicted molar refractivity (Wildman–Crippen MR) is 89.8 cm³/mol. The number of hydrogen-bond donors (Lipinski definition) is 3. The zero-order valence-electron chi connectivity index (χ0n) is 14.1. The molecule has 1 saturated heterocycles. The molecule has 0 unspecified atom stereocenters. The third-order valence-electron chi connectivity index (χ3n) is 4.28. The van der Waals surface area contributed by atoms with Gasteiger partial charge in [0.05, 0.1) is 0 Å². The van der Waals surface area contributed by atoms with Crippen LogP contribution in [0.25, 0.3) is 0 Å². The van der Waals surface area contributed by atoms with Gasteiger partial charge in [-0.3, -0.25) is 9.80 Å². The molecule has 8 heteroatoms. The van der Waals surface area contributed by atoms with Gasteiger partial charge in [0, 0.05) is 13.6 Å². The number of urea groups is 1. The molecule has 25 heavy (non-hydrogen) atoms. The molecule has 0 radical (unpaired) electrons. The summed E-state index contributed by atoms with van der Waals surface area (Å²) < 4.78 is 0. The van der Waals surface area contributed by atoms with E-state index in [4.69, 9.17) is 5.11 Å². The van der Waals surface area contributed by atoms with Crippen LogP contribution < -0.4 is 5.43 Å². The van der Waals surface area contributed by atoms with Crippen LogP contribution >= 0.6 is 0 Å². The predicted octanol–water partition coefficient (Wildman–Crippen LogP) is 1.18. The number of benzene rings is 1. The van der Waals surface area contributed by atoms with Crippen molar-refractivity contribution in [1.29, 1.82) is 0 Å². The molecule has 1 heterocycles. The fourth-order valence-corrected chi connectivity index (χ4v) is 2.93. The molecular weight excluding hydrogens is 326 g/mol. The van der Waals surface area contributed by atoms with Gasteiger partial charge < -0.3 is 15.1 Å². The van der Waals surface area contributed by atoms with E-state index >= 15 is 0 Å². The molecule has 0 aromatic heterocycles. The molecular formula is C17H23N3O5. The monoisotopic (exact) mass is 349 g/mol. The summed E-state index contributed by atoms with van der Waals surface area (Å²) in [5, 5.41) is 19.6. The van der Waals surface area contributed by atoms with E-state index in [2.05, 4.69) is 5.43 Å². The van der Waals surface area contributed by atoms with Gasteiger partial charge in [0.25, 0.3) is 0 Å². The maximum atomic E-state index is 12.4. The molecule has 2 atom stereocenters. The van der Waals surface area contributed by atoms with Crippen LogP contribution in [-0.4, -0.2) is 63.8 Å². The number of carboxylic acid groups (broad SMARTS) is 2. The number of hydrogen-bond acceptors (Lipinski definition) is 4. The smallest absolute Gasteiger partial charge is 0.334 e. The van der Waals surface area contributed by atoms with Crippen LogP contribution in [0.5, 0.6) is 0 Å². The molecule has 0 bridgehead atoms. The number of amides is 2. The summed E-state index contributed by atoms with van der Waals surface area (Å²) in [4.78, 5) is 36.3. The first-order valence-corrected chi connectivity index (χ1v) is 8.20. The lowest BCUT2D eigenvalue weighted by molar-refractivity contribution is -0.143. The number of likely N-dealkylation sites (tertiary alicyclic amines) is 1. The average Bonchev–Trinajstić information content (AvgIpc) is 3.08. The number of aryl methyl sites for hydroxylation is 1. The molecule has 1 aromatic carbocycles. The lowest BCUT2D eigenvalue weighted by Crippen LogP contribution is -2.55. The summed E-state index contributed by atoms with van der Waals surface area (Å²) in [6.07, 6.45) is 1.88. The Morgan fingerprint density at radius 2 is 1.96 bits per heavy atom. The van der Waals surface area contributed by atoms with Crippen molar-refractivity contribution in [2.24, 2.45) is 0 Å². The largest absolute Gasteiger partial charge is 0.480 e. The minimum absolute atomic E-state index is 0.305. The van der Waals surface area contributed by atoms with Crippen LogP contribution in [0, 0.1) is 0 Å². The highest BCUT2D eigenvalue weighted by Crippen LogP contribution is 2.18. The van der Waals surface area contributed by atoms with Crippen LogP contribution in [0.4, 0.5) is 4.79 Å². The van der Waals surface area contributed by atoms with Gasteiger partial charge in [0.15, 0.2) is 0 Å². The Hall–Kier alpha value is -2.61. The van der Waals surface area contributed by atoms with Crippen LogP contribution in [-0.2, 0) is 16.0 Å². The molecule has 2 amide bonds. The fraction of sp³-hybridized carbons (Fsp3) is 0.471. The Kier molecular flexibility index (Phi) is 6.35. The maximum absolute atomic E-state index is 12.4. The van der Waals surface area contributed by atoms with Gasteiger partial charge in [0.2, 0.25) is 0 Å². The normalized spacial score (nSPS) is 18.0. The molecule has 3 N–H and O–H groups in total. The third kappa shape index (κ3) is 4.93. The summed E-state index contributed by atoms with van der Waals surface area (Å²) in [6.45, 7) is 0.351. The zero-order valence-corrected chi connectivity index (χ0v) is 14.1. The van der Waals surface area contributed by atoms with E-state index in [-0.39, 0.29) is 0 Å². The molecule has 0 saturated carbocycles. The quantitative estimate of drug-likeness (QED) is 0.638. The van der Waals surface area contributed by atoms with Crippen molar-refractivity contribution in [2.45, 2.75) is 37.8 Å². The van der Waals surface area contributed by atoms with E-state index in [1.165, 1.54) is 11.9 Å². The summed E-state index contributed by atoms with van der Waals surface area (Å²) in [7, 11) is 1.41. The van der Waals surface area contributed by atoms with Gasteiger partial charge >= 0.3 is 18.0 Å². The summed E-state index contributed by atoms with van der Waals surface area (Å²) in [5.41, 5.74) is 3.68. The minimum Gasteiger partial charge on any atom is -0.480 e. The Morgan fingerprint density at radius 3 is 2.56 bits per heavy atom. The van der Waals surface area contributed by atoms with Crippen LogP contribution in [0.3, 0.4) is 0 Å². The summed E-state index contributed by atoms with van der Waals surface area (Å²) >= 11 is 0. The van der Waals surface area contributed by atoms with Crippen molar-refractivity contribution in [3.8, 4) is 0 Å². The number of nitrogens with zero attached hydrogens (tertiary/aromatic N) is 2. The molecule has 0 spiro atoms. The van der Waals surface area contributed by atoms with Gasteiger partial charge in [-0.1, -0.05) is 30.3 Å². The van der Waals surface area contributed by atoms with Crippen molar-refractivity contribution in [3.63, 3.8) is 0 Å². The Balaban J connectivity index is 1.95. The number of hydrazine groups is 1. The number of aliphatic carboxylic acids is 2. The van der Waals surface area contributed by atoms with E-state index in [0.717, 1.165) is 10.6 Å². The first kappa shape index (κ1) is 18.7. The molecule has 0 aliphatic carbocycles. The summed E-state index contributed by atoms with van der Waals surface area (Å²) in [6, 6.07) is 7.14. The molecule has 136 valence electrons. The van der Waals surface area contributed by atoms with Crippen LogP contribution in [0.15, 0.2) is 30.3 Å². The van der Waals surface area contributed by atoms with E-state index in [0.29, 0.717) is 32.2 Å². The van der Waals surface area contributed by atoms with Crippen LogP contribution in [0.1, 0.15) is 24.8 Å². The number of rotatable bonds is 7. The molecule has 1 aromatic rings. The van der Waals surface area contributed by atoms with E-state index in [1.54, 1.807) is 0 Å². The molecule has 1 fully saturated rings. The van der Waals surface area contributed by atoms with Crippen molar-refractivity contribution >= 4 is 18.0 Å². The van der Waals surface area contributed by atoms with Crippen molar-refractivity contribution < 1.29 is 24.6 Å². The second-order valence-corrected chi connectivity index (χ2v) is 6.08. The van der Waals surface area contributed by atoms with Gasteiger partial charge in [-0.05, 0) is 31.2 Å². The Labute approximate surface area is 146 Å². The van der Waals surface area contributed by atoms with Crippen molar-refractivity contribution in [1.82, 2.24) is 15.3 Å². The van der Waals surface area contributed by atoms with E-state index < -0.39 is 30.1 Å². The minimum atomic E-state index is -1.06. The molecule has 2 rings (SSSR count). The molecule has 1 aliphatic rings. The molecule has 8 nitrogen and oxygen atoms in total. The van der Waals surface area contributed by atoms with E-state index in [9.17, 15) is 19.5 Å². The van der Waals surface area contributed by atoms with E-state index in [1.807, 2.05) is 30.3 Å². The first-order chi connectivity index (χ1) is 11.9. The number of nitrogens with one attached hydrogen (secondary N) is 1. The maximum Gasteiger partial charge on any atom is 0.334 e. The number of carboxylic acids is 2. The zero-order chi connectivity index (χ0) is 18.4. The lowest BCUT2D eigenvalue weighted by atomic mass is 10.1. The first-order valence-electron chi connectivity index (χ1n) is 8.20. The lowest BCUT2D eigenvalue weighted by Gasteiger charge is -2.29. The standard InChI is InChI=1S/C17H23N3O5/c1-19(17(25)20-11-5-8-14(20)16(23)24)18-13(15(21)22)10-9-12-6-3-2-4-7-12/h2-4,6-7,13-14,18H,5,8-11H2,1H3,(H,21,22)(H,23,24)/t13-,14-/m0/s1. The number of carbonyl (C=O) groups excluding carboxylic acids is 1. The highest BCUT2D eigenvalue weighted by atomic mass is 16.4. The second-order valence-electron chi connectivity index (χ2n) is 6.08. The average molecular weight is 349 g/mol. The van der Waals surface area contributed by atoms with Gasteiger partial charge in [-0.25, -0.2) is 15.0 Å². The van der Waals surface area contributed by atoms with Crippen molar-refractivity contribution in [3.05, 3.63) is 35.9 Å². The number of carbonyl (C=O) groups is 3. The van der Waals surface area contributed by atoms with Gasteiger partial charge in [0.1, 0.15) is 12.1 Å². The van der Waals surface area contributed by atoms with Gasteiger partial charge in [-0.2, -0.15) is 0 Å². The second kappa shape index (κ2) is 8.48. The van der Waals surface area contributed by atoms with Gasteiger partial charge in [-0.15, -0.1) is 0 Å². The fourth-order valence-electron chi connectivity index (χ4n) is 2.93. The molecule has 1 aliphatic heterocycles. The van der Waals surface area contributed by atoms with Crippen molar-refractivity contribution in [2.75, 3.05) is 13.6 Å². The Bertz CT molecular complexity index is 622. The highest BCUT2D eigenvalue weighted by Gasteiger charge is 2.36. The third-order valence-corrected chi connectivity index (χ3v) is 4.28. The highest BCUT2D eigenvalue weighted by molar-refractivity contribution is 5.83.